The van der Waals surface area contributed by atoms with Crippen LogP contribution in [0.2, 0.25) is 0 Å². The maximum absolute atomic E-state index is 5.92. The van der Waals surface area contributed by atoms with E-state index < -0.39 is 0 Å². The van der Waals surface area contributed by atoms with Gasteiger partial charge in [0.05, 0.1) is 11.4 Å². The van der Waals surface area contributed by atoms with Crippen LogP contribution in [0.3, 0.4) is 0 Å². The summed E-state index contributed by atoms with van der Waals surface area (Å²) in [5, 5.41) is 29.5. The Kier molecular flexibility index (Phi) is 2.37. The molecular formula is C12H9N9. The number of rotatable bonds is 2. The van der Waals surface area contributed by atoms with E-state index in [1.165, 1.54) is 0 Å². The Morgan fingerprint density at radius 3 is 2.52 bits per heavy atom. The Morgan fingerprint density at radius 1 is 0.810 bits per heavy atom. The number of azo groups is 1. The van der Waals surface area contributed by atoms with E-state index in [2.05, 4.69) is 41.0 Å². The van der Waals surface area contributed by atoms with Gasteiger partial charge >= 0.3 is 0 Å². The second kappa shape index (κ2) is 4.34. The molecule has 2 heterocycles. The van der Waals surface area contributed by atoms with E-state index in [0.29, 0.717) is 28.1 Å². The van der Waals surface area contributed by atoms with Crippen molar-refractivity contribution in [3.05, 3.63) is 30.3 Å². The summed E-state index contributed by atoms with van der Waals surface area (Å²) in [4.78, 5) is 0. The SMILES string of the molecule is Nc1ccc2n[nH]nc2c1N=Nc1ccc2n[nH]nc2c1. The first-order valence-corrected chi connectivity index (χ1v) is 6.12. The van der Waals surface area contributed by atoms with Crippen LogP contribution in [0.15, 0.2) is 40.6 Å². The third kappa shape index (κ3) is 1.87. The Balaban J connectivity index is 1.79. The van der Waals surface area contributed by atoms with Gasteiger partial charge in [-0.15, -0.1) is 5.11 Å². The van der Waals surface area contributed by atoms with Crippen LogP contribution in [-0.2, 0) is 0 Å². The maximum Gasteiger partial charge on any atom is 0.142 e. The Morgan fingerprint density at radius 2 is 1.57 bits per heavy atom. The summed E-state index contributed by atoms with van der Waals surface area (Å²) in [5.74, 6) is 0. The quantitative estimate of drug-likeness (QED) is 0.382. The molecule has 0 aliphatic carbocycles. The summed E-state index contributed by atoms with van der Waals surface area (Å²) in [5.41, 5.74) is 10.3. The van der Waals surface area contributed by atoms with Crippen LogP contribution in [0, 0.1) is 0 Å². The number of aromatic amines is 2. The Bertz CT molecular complexity index is 965. The van der Waals surface area contributed by atoms with Gasteiger partial charge in [-0.1, -0.05) is 0 Å². The number of nitrogen functional groups attached to an aromatic ring is 1. The molecule has 0 fully saturated rings. The zero-order chi connectivity index (χ0) is 14.2. The zero-order valence-corrected chi connectivity index (χ0v) is 10.6. The molecule has 4 rings (SSSR count). The molecule has 0 unspecified atom stereocenters. The first kappa shape index (κ1) is 11.5. The van der Waals surface area contributed by atoms with E-state index in [4.69, 9.17) is 5.73 Å². The number of aromatic nitrogens is 6. The summed E-state index contributed by atoms with van der Waals surface area (Å²) >= 11 is 0. The molecule has 0 aliphatic heterocycles. The monoisotopic (exact) mass is 279 g/mol. The third-order valence-corrected chi connectivity index (χ3v) is 3.06. The van der Waals surface area contributed by atoms with Crippen molar-refractivity contribution in [2.45, 2.75) is 0 Å². The minimum absolute atomic E-state index is 0.487. The number of nitrogens with zero attached hydrogens (tertiary/aromatic N) is 6. The average Bonchev–Trinajstić information content (AvgIpc) is 3.14. The van der Waals surface area contributed by atoms with Crippen LogP contribution >= 0.6 is 0 Å². The van der Waals surface area contributed by atoms with Crippen molar-refractivity contribution in [2.24, 2.45) is 10.2 Å². The van der Waals surface area contributed by atoms with E-state index in [-0.39, 0.29) is 0 Å². The van der Waals surface area contributed by atoms with Gasteiger partial charge < -0.3 is 5.73 Å². The molecule has 102 valence electrons. The summed E-state index contributed by atoms with van der Waals surface area (Å²) in [6.07, 6.45) is 0. The van der Waals surface area contributed by atoms with Gasteiger partial charge in [0, 0.05) is 0 Å². The minimum atomic E-state index is 0.487. The Hall–Kier alpha value is -3.36. The third-order valence-electron chi connectivity index (χ3n) is 3.06. The second-order valence-corrected chi connectivity index (χ2v) is 4.39. The molecule has 21 heavy (non-hydrogen) atoms. The van der Waals surface area contributed by atoms with E-state index >= 15 is 0 Å². The number of fused-ring (bicyclic) bond motifs is 2. The number of hydrogen-bond acceptors (Lipinski definition) is 7. The van der Waals surface area contributed by atoms with Crippen LogP contribution in [0.4, 0.5) is 17.1 Å². The Labute approximate surface area is 117 Å². The first-order chi connectivity index (χ1) is 10.3. The van der Waals surface area contributed by atoms with Crippen molar-refractivity contribution in [1.82, 2.24) is 30.8 Å². The predicted molar refractivity (Wildman–Crippen MR) is 76.4 cm³/mol. The summed E-state index contributed by atoms with van der Waals surface area (Å²) in [6.45, 7) is 0. The molecule has 4 N–H and O–H groups in total. The molecule has 9 heteroatoms. The predicted octanol–water partition coefficient (Wildman–Crippen LogP) is 2.23. The van der Waals surface area contributed by atoms with Crippen molar-refractivity contribution in [2.75, 3.05) is 5.73 Å². The summed E-state index contributed by atoms with van der Waals surface area (Å²) in [6, 6.07) is 8.89. The van der Waals surface area contributed by atoms with Crippen molar-refractivity contribution < 1.29 is 0 Å². The summed E-state index contributed by atoms with van der Waals surface area (Å²) in [7, 11) is 0. The van der Waals surface area contributed by atoms with E-state index in [0.717, 1.165) is 11.0 Å². The summed E-state index contributed by atoms with van der Waals surface area (Å²) < 4.78 is 0. The smallest absolute Gasteiger partial charge is 0.142 e. The molecule has 0 bridgehead atoms. The highest BCUT2D eigenvalue weighted by Crippen LogP contribution is 2.31. The van der Waals surface area contributed by atoms with Gasteiger partial charge in [0.2, 0.25) is 0 Å². The van der Waals surface area contributed by atoms with Gasteiger partial charge in [0.1, 0.15) is 27.8 Å². The molecule has 2 aromatic carbocycles. The molecule has 0 amide bonds. The number of benzene rings is 2. The molecule has 9 nitrogen and oxygen atoms in total. The molecule has 0 radical (unpaired) electrons. The van der Waals surface area contributed by atoms with Crippen molar-refractivity contribution in [3.63, 3.8) is 0 Å². The average molecular weight is 279 g/mol. The van der Waals surface area contributed by atoms with Crippen molar-refractivity contribution in [1.29, 1.82) is 0 Å². The highest BCUT2D eigenvalue weighted by Gasteiger charge is 2.08. The fourth-order valence-corrected chi connectivity index (χ4v) is 2.02. The van der Waals surface area contributed by atoms with Crippen LogP contribution in [0.5, 0.6) is 0 Å². The highest BCUT2D eigenvalue weighted by molar-refractivity contribution is 5.92. The number of H-pyrrole nitrogens is 2. The van der Waals surface area contributed by atoms with E-state index in [9.17, 15) is 0 Å². The lowest BCUT2D eigenvalue weighted by molar-refractivity contribution is 0.959. The normalized spacial score (nSPS) is 11.8. The minimum Gasteiger partial charge on any atom is -0.397 e. The lowest BCUT2D eigenvalue weighted by Crippen LogP contribution is -1.85. The molecule has 0 atom stereocenters. The van der Waals surface area contributed by atoms with E-state index in [1.54, 1.807) is 24.3 Å². The number of nitrogens with two attached hydrogens (primary N) is 1. The number of anilines is 1. The van der Waals surface area contributed by atoms with Gasteiger partial charge in [-0.25, -0.2) is 0 Å². The van der Waals surface area contributed by atoms with Gasteiger partial charge in [-0.3, -0.25) is 0 Å². The molecule has 2 aromatic heterocycles. The molecule has 0 saturated carbocycles. The molecule has 4 aromatic rings. The van der Waals surface area contributed by atoms with Crippen LogP contribution in [-0.4, -0.2) is 30.8 Å². The lowest BCUT2D eigenvalue weighted by Gasteiger charge is -1.98. The van der Waals surface area contributed by atoms with Gasteiger partial charge in [0.25, 0.3) is 0 Å². The zero-order valence-electron chi connectivity index (χ0n) is 10.6. The molecular weight excluding hydrogens is 270 g/mol. The van der Waals surface area contributed by atoms with E-state index in [1.807, 2.05) is 6.07 Å². The molecule has 0 spiro atoms. The van der Waals surface area contributed by atoms with Gasteiger partial charge in [-0.05, 0) is 30.3 Å². The molecule has 0 saturated heterocycles. The van der Waals surface area contributed by atoms with Crippen LogP contribution < -0.4 is 5.73 Å². The maximum atomic E-state index is 5.92. The standard InChI is InChI=1S/C12H9N9/c13-7-2-4-9-12(19-21-16-9)11(7)18-14-6-1-3-8-10(5-6)17-20-15-8/h1-5H,13H2,(H,15,17,20)(H,16,19,21). The van der Waals surface area contributed by atoms with Gasteiger partial charge in [-0.2, -0.15) is 35.9 Å². The van der Waals surface area contributed by atoms with Crippen molar-refractivity contribution in [3.8, 4) is 0 Å². The molecule has 0 aliphatic rings. The van der Waals surface area contributed by atoms with Crippen molar-refractivity contribution >= 4 is 39.1 Å². The second-order valence-electron chi connectivity index (χ2n) is 4.39. The largest absolute Gasteiger partial charge is 0.397 e. The van der Waals surface area contributed by atoms with Crippen LogP contribution in [0.1, 0.15) is 0 Å². The van der Waals surface area contributed by atoms with Gasteiger partial charge in [0.15, 0.2) is 0 Å². The first-order valence-electron chi connectivity index (χ1n) is 6.12. The fourth-order valence-electron chi connectivity index (χ4n) is 2.02. The topological polar surface area (TPSA) is 134 Å². The lowest BCUT2D eigenvalue weighted by atomic mass is 10.2. The number of hydrogen-bond donors (Lipinski definition) is 3. The highest BCUT2D eigenvalue weighted by atomic mass is 15.3. The fraction of sp³-hybridized carbons (Fsp3) is 0. The number of nitrogens with one attached hydrogen (secondary N) is 2. The van der Waals surface area contributed by atoms with Crippen LogP contribution in [0.25, 0.3) is 22.1 Å².